The number of aryl methyl sites for hydroxylation is 2. The lowest BCUT2D eigenvalue weighted by molar-refractivity contribution is 0.0695. The molecule has 4 aromatic carbocycles. The van der Waals surface area contributed by atoms with E-state index in [1.54, 1.807) is 6.92 Å². The number of sulfone groups is 1. The smallest absolute Gasteiger partial charge is 0.335 e. The van der Waals surface area contributed by atoms with Crippen LogP contribution < -0.4 is 0 Å². The molecular formula is C28H26O6S. The first kappa shape index (κ1) is 24.4. The summed E-state index contributed by atoms with van der Waals surface area (Å²) < 4.78 is 24.2. The van der Waals surface area contributed by atoms with Gasteiger partial charge in [0.05, 0.1) is 16.4 Å². The molecule has 1 aliphatic carbocycles. The van der Waals surface area contributed by atoms with E-state index in [0.29, 0.717) is 5.56 Å². The Hall–Kier alpha value is -3.71. The summed E-state index contributed by atoms with van der Waals surface area (Å²) in [4.78, 5) is 21.1. The lowest BCUT2D eigenvalue weighted by Gasteiger charge is -2.25. The van der Waals surface area contributed by atoms with Crippen molar-refractivity contribution < 1.29 is 28.2 Å². The molecule has 180 valence electrons. The second kappa shape index (κ2) is 9.50. The first-order valence-corrected chi connectivity index (χ1v) is 13.2. The molecule has 0 saturated heterocycles. The average molecular weight is 491 g/mol. The lowest BCUT2D eigenvalue weighted by atomic mass is 9.86. The quantitative estimate of drug-likeness (QED) is 0.351. The highest BCUT2D eigenvalue weighted by atomic mass is 32.2. The Labute approximate surface area is 203 Å². The minimum Gasteiger partial charge on any atom is -0.478 e. The van der Waals surface area contributed by atoms with Gasteiger partial charge in [0, 0.05) is 6.26 Å². The normalized spacial score (nSPS) is 15.2. The molecule has 5 rings (SSSR count). The molecule has 0 amide bonds. The van der Waals surface area contributed by atoms with Gasteiger partial charge in [0.15, 0.2) is 9.84 Å². The summed E-state index contributed by atoms with van der Waals surface area (Å²) in [5.41, 5.74) is 2.81. The molecule has 0 bridgehead atoms. The van der Waals surface area contributed by atoms with Crippen LogP contribution in [0.15, 0.2) is 66.7 Å². The first-order chi connectivity index (χ1) is 16.6. The Morgan fingerprint density at radius 2 is 1.57 bits per heavy atom. The highest BCUT2D eigenvalue weighted by Crippen LogP contribution is 2.40. The standard InChI is InChI=1S/C19H18O2S.C9H8O4/c1-22(20,21)19-8-4-7-15-17-10-9-13-5-2-3-6-14(13)16(17)11-12-18(15)19;1-5-2-3-6(8(10)11)4-7(5)9(12)13/h2-3,5-6,9-12,19H,4,7-8H2,1H3;2-4H,1H3,(H,10,11)(H,12,13). The van der Waals surface area contributed by atoms with E-state index in [1.807, 2.05) is 12.1 Å². The van der Waals surface area contributed by atoms with Crippen molar-refractivity contribution in [2.45, 2.75) is 31.4 Å². The summed E-state index contributed by atoms with van der Waals surface area (Å²) in [6, 6.07) is 20.8. The Kier molecular flexibility index (Phi) is 6.63. The van der Waals surface area contributed by atoms with Crippen LogP contribution >= 0.6 is 0 Å². The topological polar surface area (TPSA) is 109 Å². The van der Waals surface area contributed by atoms with E-state index in [2.05, 4.69) is 36.4 Å². The molecule has 0 fully saturated rings. The molecule has 4 aromatic rings. The molecule has 1 atom stereocenters. The van der Waals surface area contributed by atoms with Gasteiger partial charge in [-0.2, -0.15) is 0 Å². The van der Waals surface area contributed by atoms with Crippen molar-refractivity contribution in [3.63, 3.8) is 0 Å². The monoisotopic (exact) mass is 490 g/mol. The summed E-state index contributed by atoms with van der Waals surface area (Å²) in [5, 5.41) is 21.8. The molecule has 7 heteroatoms. The molecule has 2 N–H and O–H groups in total. The van der Waals surface area contributed by atoms with Gasteiger partial charge in [-0.15, -0.1) is 0 Å². The molecule has 1 unspecified atom stereocenters. The molecule has 35 heavy (non-hydrogen) atoms. The fourth-order valence-electron chi connectivity index (χ4n) is 4.80. The van der Waals surface area contributed by atoms with Crippen LogP contribution in [-0.2, 0) is 16.3 Å². The Bertz CT molecular complexity index is 1570. The summed E-state index contributed by atoms with van der Waals surface area (Å²) >= 11 is 0. The van der Waals surface area contributed by atoms with Crippen molar-refractivity contribution in [2.24, 2.45) is 0 Å². The zero-order valence-electron chi connectivity index (χ0n) is 19.5. The SMILES string of the molecule is CS(=O)(=O)C1CCCc2c1ccc1c2ccc2ccccc21.Cc1ccc(C(=O)O)cc1C(=O)O. The van der Waals surface area contributed by atoms with Gasteiger partial charge in [0.2, 0.25) is 0 Å². The fourth-order valence-corrected chi connectivity index (χ4v) is 6.07. The van der Waals surface area contributed by atoms with Gasteiger partial charge < -0.3 is 10.2 Å². The van der Waals surface area contributed by atoms with Crippen LogP contribution in [0.2, 0.25) is 0 Å². The number of aromatic carboxylic acids is 2. The predicted molar refractivity (Wildman–Crippen MR) is 137 cm³/mol. The number of hydrogen-bond donors (Lipinski definition) is 2. The summed E-state index contributed by atoms with van der Waals surface area (Å²) in [6.45, 7) is 1.62. The Morgan fingerprint density at radius 3 is 2.26 bits per heavy atom. The highest BCUT2D eigenvalue weighted by molar-refractivity contribution is 7.90. The van der Waals surface area contributed by atoms with Crippen molar-refractivity contribution in [1.29, 1.82) is 0 Å². The van der Waals surface area contributed by atoms with Crippen molar-refractivity contribution in [3.8, 4) is 0 Å². The number of benzene rings is 4. The predicted octanol–water partition coefficient (Wildman–Crippen LogP) is 5.81. The summed E-state index contributed by atoms with van der Waals surface area (Å²) in [7, 11) is -3.05. The molecule has 0 aromatic heterocycles. The van der Waals surface area contributed by atoms with E-state index in [0.717, 1.165) is 30.9 Å². The van der Waals surface area contributed by atoms with Gasteiger partial charge in [0.1, 0.15) is 0 Å². The van der Waals surface area contributed by atoms with E-state index < -0.39 is 21.8 Å². The minimum atomic E-state index is -3.05. The minimum absolute atomic E-state index is 0.0111. The van der Waals surface area contributed by atoms with Crippen LogP contribution in [0.25, 0.3) is 21.5 Å². The van der Waals surface area contributed by atoms with Crippen molar-refractivity contribution in [2.75, 3.05) is 6.26 Å². The number of carboxylic acids is 2. The second-order valence-electron chi connectivity index (χ2n) is 8.87. The number of fused-ring (bicyclic) bond motifs is 5. The van der Waals surface area contributed by atoms with Crippen LogP contribution in [0.5, 0.6) is 0 Å². The molecule has 0 heterocycles. The maximum absolute atomic E-state index is 12.1. The van der Waals surface area contributed by atoms with Crippen LogP contribution in [0.3, 0.4) is 0 Å². The third-order valence-corrected chi connectivity index (χ3v) is 8.07. The van der Waals surface area contributed by atoms with Crippen LogP contribution in [0, 0.1) is 6.92 Å². The third-order valence-electron chi connectivity index (χ3n) is 6.55. The van der Waals surface area contributed by atoms with E-state index in [4.69, 9.17) is 10.2 Å². The molecule has 6 nitrogen and oxygen atoms in total. The van der Waals surface area contributed by atoms with E-state index in [1.165, 1.54) is 45.5 Å². The van der Waals surface area contributed by atoms with Crippen LogP contribution in [-0.4, -0.2) is 36.8 Å². The maximum atomic E-state index is 12.1. The molecule has 0 radical (unpaired) electrons. The van der Waals surface area contributed by atoms with Crippen molar-refractivity contribution in [3.05, 3.63) is 94.5 Å². The first-order valence-electron chi connectivity index (χ1n) is 11.3. The number of hydrogen-bond acceptors (Lipinski definition) is 4. The molecular weight excluding hydrogens is 464 g/mol. The zero-order chi connectivity index (χ0) is 25.3. The van der Waals surface area contributed by atoms with Crippen molar-refractivity contribution in [1.82, 2.24) is 0 Å². The summed E-state index contributed by atoms with van der Waals surface area (Å²) in [5.74, 6) is -2.23. The molecule has 0 saturated carbocycles. The number of rotatable bonds is 3. The molecule has 1 aliphatic rings. The number of carbonyl (C=O) groups is 2. The van der Waals surface area contributed by atoms with Crippen LogP contribution in [0.4, 0.5) is 0 Å². The largest absolute Gasteiger partial charge is 0.478 e. The summed E-state index contributed by atoms with van der Waals surface area (Å²) in [6.07, 6.45) is 4.01. The second-order valence-corrected chi connectivity index (χ2v) is 11.1. The third kappa shape index (κ3) is 4.91. The van der Waals surface area contributed by atoms with Gasteiger partial charge >= 0.3 is 11.9 Å². The Morgan fingerprint density at radius 1 is 0.857 bits per heavy atom. The molecule has 0 aliphatic heterocycles. The van der Waals surface area contributed by atoms with E-state index in [9.17, 15) is 18.0 Å². The maximum Gasteiger partial charge on any atom is 0.335 e. The highest BCUT2D eigenvalue weighted by Gasteiger charge is 2.29. The van der Waals surface area contributed by atoms with Crippen molar-refractivity contribution >= 4 is 43.3 Å². The Balaban J connectivity index is 0.000000191. The zero-order valence-corrected chi connectivity index (χ0v) is 20.3. The van der Waals surface area contributed by atoms with Gasteiger partial charge in [0.25, 0.3) is 0 Å². The van der Waals surface area contributed by atoms with Gasteiger partial charge in [-0.1, -0.05) is 54.6 Å². The van der Waals surface area contributed by atoms with Crippen LogP contribution in [0.1, 0.15) is 55.5 Å². The van der Waals surface area contributed by atoms with Gasteiger partial charge in [-0.25, -0.2) is 18.0 Å². The average Bonchev–Trinajstić information content (AvgIpc) is 2.83. The fraction of sp³-hybridized carbons (Fsp3) is 0.214. The van der Waals surface area contributed by atoms with E-state index >= 15 is 0 Å². The number of carboxylic acid groups (broad SMARTS) is 2. The van der Waals surface area contributed by atoms with Gasteiger partial charge in [-0.05, 0) is 76.6 Å². The molecule has 0 spiro atoms. The van der Waals surface area contributed by atoms with E-state index in [-0.39, 0.29) is 16.4 Å². The van der Waals surface area contributed by atoms with Gasteiger partial charge in [-0.3, -0.25) is 0 Å². The lowest BCUT2D eigenvalue weighted by Crippen LogP contribution is -2.18.